The highest BCUT2D eigenvalue weighted by Crippen LogP contribution is 2.28. The Balaban J connectivity index is 1.71. The third-order valence-corrected chi connectivity index (χ3v) is 3.97. The molecule has 3 rings (SSSR count). The van der Waals surface area contributed by atoms with Crippen molar-refractivity contribution in [3.05, 3.63) is 71.5 Å². The second-order valence-electron chi connectivity index (χ2n) is 5.50. The zero-order valence-electron chi connectivity index (χ0n) is 12.8. The lowest BCUT2D eigenvalue weighted by molar-refractivity contribution is -0.133. The Labute approximate surface area is 138 Å². The first-order chi connectivity index (χ1) is 11.7. The average Bonchev–Trinajstić information content (AvgIpc) is 2.99. The second-order valence-corrected chi connectivity index (χ2v) is 5.50. The highest BCUT2D eigenvalue weighted by molar-refractivity contribution is 6.03. The molecule has 2 N–H and O–H groups in total. The number of nitrogens with zero attached hydrogens (tertiary/aromatic N) is 1. The molecular weight excluding hydrogens is 309 g/mol. The van der Waals surface area contributed by atoms with Gasteiger partial charge >= 0.3 is 0 Å². The van der Waals surface area contributed by atoms with Gasteiger partial charge in [0.1, 0.15) is 11.7 Å². The van der Waals surface area contributed by atoms with Crippen molar-refractivity contribution in [2.24, 2.45) is 11.0 Å². The van der Waals surface area contributed by atoms with Crippen molar-refractivity contribution in [2.45, 2.75) is 5.92 Å². The molecule has 6 heteroatoms. The molecule has 0 saturated carbocycles. The fraction of sp³-hybridized carbons (Fsp3) is 0.167. The Hall–Kier alpha value is -3.02. The van der Waals surface area contributed by atoms with Crippen LogP contribution in [0, 0.1) is 11.7 Å². The van der Waals surface area contributed by atoms with E-state index in [0.717, 1.165) is 5.56 Å². The summed E-state index contributed by atoms with van der Waals surface area (Å²) >= 11 is 0. The van der Waals surface area contributed by atoms with Crippen LogP contribution < -0.4 is 10.7 Å². The van der Waals surface area contributed by atoms with Gasteiger partial charge in [-0.25, -0.2) is 9.82 Å². The van der Waals surface area contributed by atoms with Gasteiger partial charge in [-0.2, -0.15) is 5.10 Å². The highest BCUT2D eigenvalue weighted by atomic mass is 19.1. The van der Waals surface area contributed by atoms with E-state index in [-0.39, 0.29) is 17.4 Å². The Morgan fingerprint density at radius 3 is 2.62 bits per heavy atom. The minimum Gasteiger partial charge on any atom is -0.355 e. The van der Waals surface area contributed by atoms with E-state index in [9.17, 15) is 14.0 Å². The fourth-order valence-electron chi connectivity index (χ4n) is 2.75. The van der Waals surface area contributed by atoms with Crippen molar-refractivity contribution in [1.29, 1.82) is 0 Å². The van der Waals surface area contributed by atoms with Crippen molar-refractivity contribution in [3.8, 4) is 0 Å². The number of halogens is 1. The van der Waals surface area contributed by atoms with Gasteiger partial charge in [-0.05, 0) is 11.6 Å². The van der Waals surface area contributed by atoms with Crippen LogP contribution in [-0.2, 0) is 9.59 Å². The first kappa shape index (κ1) is 15.9. The zero-order valence-corrected chi connectivity index (χ0v) is 12.8. The predicted molar refractivity (Wildman–Crippen MR) is 87.8 cm³/mol. The fourth-order valence-corrected chi connectivity index (χ4v) is 2.75. The highest BCUT2D eigenvalue weighted by Gasteiger charge is 2.40. The number of benzene rings is 2. The van der Waals surface area contributed by atoms with E-state index in [1.807, 2.05) is 30.3 Å². The SMILES string of the molecule is O=C1NCC(c2ccccc2)C1C(=O)N/N=C\c1ccccc1F. The van der Waals surface area contributed by atoms with Gasteiger partial charge in [0, 0.05) is 18.0 Å². The van der Waals surface area contributed by atoms with E-state index in [0.29, 0.717) is 6.54 Å². The van der Waals surface area contributed by atoms with Crippen molar-refractivity contribution in [1.82, 2.24) is 10.7 Å². The summed E-state index contributed by atoms with van der Waals surface area (Å²) in [6.07, 6.45) is 1.22. The number of carbonyl (C=O) groups excluding carboxylic acids is 2. The van der Waals surface area contributed by atoms with E-state index in [1.54, 1.807) is 18.2 Å². The van der Waals surface area contributed by atoms with Crippen LogP contribution in [0.5, 0.6) is 0 Å². The standard InChI is InChI=1S/C18H16FN3O2/c19-15-9-5-4-8-13(15)10-21-22-18(24)16-14(11-20-17(16)23)12-6-2-1-3-7-12/h1-10,14,16H,11H2,(H,20,23)(H,22,24)/b21-10-. The van der Waals surface area contributed by atoms with Gasteiger partial charge in [-0.3, -0.25) is 9.59 Å². The zero-order chi connectivity index (χ0) is 16.9. The van der Waals surface area contributed by atoms with Crippen LogP contribution in [0.2, 0.25) is 0 Å². The summed E-state index contributed by atoms with van der Waals surface area (Å²) in [6, 6.07) is 15.5. The minimum atomic E-state index is -0.856. The molecule has 2 aromatic carbocycles. The third-order valence-electron chi connectivity index (χ3n) is 3.97. The molecular formula is C18H16FN3O2. The Morgan fingerprint density at radius 2 is 1.88 bits per heavy atom. The first-order valence-electron chi connectivity index (χ1n) is 7.57. The Bertz CT molecular complexity index is 777. The Kier molecular flexibility index (Phi) is 4.65. The summed E-state index contributed by atoms with van der Waals surface area (Å²) in [7, 11) is 0. The van der Waals surface area contributed by atoms with Gasteiger partial charge in [-0.1, -0.05) is 48.5 Å². The Morgan fingerprint density at radius 1 is 1.17 bits per heavy atom. The van der Waals surface area contributed by atoms with E-state index >= 15 is 0 Å². The molecule has 1 fully saturated rings. The number of hydrazone groups is 1. The second kappa shape index (κ2) is 7.04. The molecule has 1 aliphatic heterocycles. The number of amides is 2. The molecule has 0 aliphatic carbocycles. The summed E-state index contributed by atoms with van der Waals surface area (Å²) in [4.78, 5) is 24.3. The maximum Gasteiger partial charge on any atom is 0.253 e. The van der Waals surface area contributed by atoms with Crippen LogP contribution in [0.25, 0.3) is 0 Å². The lowest BCUT2D eigenvalue weighted by atomic mass is 9.88. The summed E-state index contributed by atoms with van der Waals surface area (Å²) in [6.45, 7) is 0.401. The number of nitrogens with one attached hydrogen (secondary N) is 2. The molecule has 0 aromatic heterocycles. The van der Waals surface area contributed by atoms with E-state index in [4.69, 9.17) is 0 Å². The molecule has 0 spiro atoms. The molecule has 2 unspecified atom stereocenters. The first-order valence-corrected chi connectivity index (χ1v) is 7.57. The van der Waals surface area contributed by atoms with Gasteiger partial charge in [0.2, 0.25) is 5.91 Å². The van der Waals surface area contributed by atoms with Crippen molar-refractivity contribution in [2.75, 3.05) is 6.54 Å². The molecule has 2 atom stereocenters. The molecule has 5 nitrogen and oxygen atoms in total. The van der Waals surface area contributed by atoms with Gasteiger partial charge in [0.15, 0.2) is 0 Å². The molecule has 122 valence electrons. The molecule has 1 aliphatic rings. The number of carbonyl (C=O) groups is 2. The van der Waals surface area contributed by atoms with Crippen molar-refractivity contribution in [3.63, 3.8) is 0 Å². The third kappa shape index (κ3) is 3.32. The van der Waals surface area contributed by atoms with Gasteiger partial charge in [0.05, 0.1) is 6.21 Å². The van der Waals surface area contributed by atoms with E-state index in [2.05, 4.69) is 15.8 Å². The van der Waals surface area contributed by atoms with E-state index < -0.39 is 17.6 Å². The monoisotopic (exact) mass is 325 g/mol. The quantitative estimate of drug-likeness (QED) is 0.511. The normalized spacial score (nSPS) is 20.1. The summed E-state index contributed by atoms with van der Waals surface area (Å²) < 4.78 is 13.5. The summed E-state index contributed by atoms with van der Waals surface area (Å²) in [5.41, 5.74) is 3.50. The lowest BCUT2D eigenvalue weighted by Gasteiger charge is -2.15. The molecule has 0 radical (unpaired) electrons. The molecule has 2 aromatic rings. The summed E-state index contributed by atoms with van der Waals surface area (Å²) in [5, 5.41) is 6.47. The average molecular weight is 325 g/mol. The van der Waals surface area contributed by atoms with Gasteiger partial charge in [-0.15, -0.1) is 0 Å². The number of hydrogen-bond acceptors (Lipinski definition) is 3. The maximum absolute atomic E-state index is 13.5. The van der Waals surface area contributed by atoms with E-state index in [1.165, 1.54) is 12.3 Å². The molecule has 24 heavy (non-hydrogen) atoms. The van der Waals surface area contributed by atoms with Gasteiger partial charge in [0.25, 0.3) is 5.91 Å². The van der Waals surface area contributed by atoms with Crippen LogP contribution in [0.1, 0.15) is 17.0 Å². The van der Waals surface area contributed by atoms with Crippen molar-refractivity contribution >= 4 is 18.0 Å². The van der Waals surface area contributed by atoms with Crippen LogP contribution in [0.15, 0.2) is 59.7 Å². The molecule has 1 heterocycles. The molecule has 1 saturated heterocycles. The number of hydrogen-bond donors (Lipinski definition) is 2. The van der Waals surface area contributed by atoms with Crippen LogP contribution in [0.3, 0.4) is 0 Å². The van der Waals surface area contributed by atoms with Crippen LogP contribution in [0.4, 0.5) is 4.39 Å². The largest absolute Gasteiger partial charge is 0.355 e. The minimum absolute atomic E-state index is 0.248. The van der Waals surface area contributed by atoms with Crippen LogP contribution >= 0.6 is 0 Å². The van der Waals surface area contributed by atoms with Crippen molar-refractivity contribution < 1.29 is 14.0 Å². The molecule has 0 bridgehead atoms. The lowest BCUT2D eigenvalue weighted by Crippen LogP contribution is -2.34. The smallest absolute Gasteiger partial charge is 0.253 e. The molecule has 2 amide bonds. The number of rotatable bonds is 4. The topological polar surface area (TPSA) is 70.6 Å². The maximum atomic E-state index is 13.5. The predicted octanol–water partition coefficient (Wildman–Crippen LogP) is 1.81. The van der Waals surface area contributed by atoms with Crippen LogP contribution in [-0.4, -0.2) is 24.6 Å². The van der Waals surface area contributed by atoms with Gasteiger partial charge < -0.3 is 5.32 Å². The summed E-state index contributed by atoms with van der Waals surface area (Å²) in [5.74, 6) is -2.38.